The molecule has 1 atom stereocenters. The van der Waals surface area contributed by atoms with Gasteiger partial charge in [0.25, 0.3) is 0 Å². The lowest BCUT2D eigenvalue weighted by Gasteiger charge is -2.34. The summed E-state index contributed by atoms with van der Waals surface area (Å²) >= 11 is 0. The van der Waals surface area contributed by atoms with E-state index in [9.17, 15) is 0 Å². The van der Waals surface area contributed by atoms with E-state index >= 15 is 0 Å². The van der Waals surface area contributed by atoms with Gasteiger partial charge in [0.05, 0.1) is 18.2 Å². The number of rotatable bonds is 13. The molecule has 0 aliphatic heterocycles. The maximum Gasteiger partial charge on any atom is 0.192 e. The summed E-state index contributed by atoms with van der Waals surface area (Å²) in [5.41, 5.74) is 2.29. The maximum atomic E-state index is 6.69. The molecule has 2 N–H and O–H groups in total. The van der Waals surface area contributed by atoms with Crippen LogP contribution < -0.4 is 10.6 Å². The minimum atomic E-state index is -1.63. The first-order chi connectivity index (χ1) is 15.6. The Morgan fingerprint density at radius 2 is 1.47 bits per heavy atom. The molecule has 0 amide bonds. The number of hydrogen-bond acceptors (Lipinski definition) is 3. The second-order valence-electron chi connectivity index (χ2n) is 8.79. The Labute approximate surface area is 196 Å². The number of nitrogens with one attached hydrogen (secondary N) is 2. The summed E-state index contributed by atoms with van der Waals surface area (Å²) in [6.45, 7) is 8.54. The summed E-state index contributed by atoms with van der Waals surface area (Å²) in [5.74, 6) is 0. The highest BCUT2D eigenvalue weighted by molar-refractivity contribution is 6.73. The molecule has 3 rings (SSSR count). The van der Waals surface area contributed by atoms with Crippen molar-refractivity contribution in [2.75, 3.05) is 18.5 Å². The number of hydrogen-bond donors (Lipinski definition) is 2. The van der Waals surface area contributed by atoms with Crippen molar-refractivity contribution in [3.8, 4) is 0 Å². The summed E-state index contributed by atoms with van der Waals surface area (Å²) in [6, 6.07) is 25.0. The molecule has 0 radical (unpaired) electrons. The van der Waals surface area contributed by atoms with Crippen LogP contribution in [0.2, 0.25) is 18.1 Å². The standard InChI is InChI=1S/C28H40N2OSi/c1-4-32(5-2,6-3)31-24-27(25-16-10-7-11-17-25)29-23-22-28(20-14-9-15-21-28)30-26-18-12-8-13-19-26/h7-8,10-21,27,29-30H,4-6,9,22-24H2,1-3H3/t27-/m0/s1. The Bertz CT molecular complexity index is 826. The third-order valence-corrected chi connectivity index (χ3v) is 11.5. The van der Waals surface area contributed by atoms with E-state index in [1.54, 1.807) is 0 Å². The van der Waals surface area contributed by atoms with Crippen LogP contribution in [0.15, 0.2) is 85.0 Å². The van der Waals surface area contributed by atoms with Crippen molar-refractivity contribution in [1.29, 1.82) is 0 Å². The second kappa shape index (κ2) is 12.2. The Morgan fingerprint density at radius 1 is 0.875 bits per heavy atom. The molecule has 32 heavy (non-hydrogen) atoms. The average Bonchev–Trinajstić information content (AvgIpc) is 2.86. The van der Waals surface area contributed by atoms with Gasteiger partial charge < -0.3 is 15.1 Å². The van der Waals surface area contributed by atoms with Gasteiger partial charge in [0.2, 0.25) is 0 Å². The number of allylic oxidation sites excluding steroid dienone is 2. The van der Waals surface area contributed by atoms with Gasteiger partial charge in [0.1, 0.15) is 0 Å². The van der Waals surface area contributed by atoms with Gasteiger partial charge in [-0.2, -0.15) is 0 Å². The zero-order valence-electron chi connectivity index (χ0n) is 20.0. The molecule has 0 bridgehead atoms. The fourth-order valence-electron chi connectivity index (χ4n) is 4.52. The van der Waals surface area contributed by atoms with Crippen molar-refractivity contribution >= 4 is 14.0 Å². The SMILES string of the molecule is CC[Si](CC)(CC)OC[C@H](NCCC1(Nc2ccccc2)C=CCC=C1)c1ccccc1. The monoisotopic (exact) mass is 448 g/mol. The highest BCUT2D eigenvalue weighted by Crippen LogP contribution is 2.27. The largest absolute Gasteiger partial charge is 0.415 e. The van der Waals surface area contributed by atoms with E-state index in [2.05, 4.69) is 116 Å². The third kappa shape index (κ3) is 6.68. The van der Waals surface area contributed by atoms with Crippen molar-refractivity contribution in [2.45, 2.75) is 63.3 Å². The van der Waals surface area contributed by atoms with Crippen LogP contribution in [0.3, 0.4) is 0 Å². The van der Waals surface area contributed by atoms with Gasteiger partial charge in [-0.05, 0) is 55.2 Å². The Hall–Kier alpha value is -2.14. The van der Waals surface area contributed by atoms with E-state index < -0.39 is 8.32 Å². The topological polar surface area (TPSA) is 33.3 Å². The Balaban J connectivity index is 1.68. The number of benzene rings is 2. The first-order valence-corrected chi connectivity index (χ1v) is 14.8. The Morgan fingerprint density at radius 3 is 2.06 bits per heavy atom. The van der Waals surface area contributed by atoms with Crippen molar-refractivity contribution < 1.29 is 4.43 Å². The van der Waals surface area contributed by atoms with Crippen molar-refractivity contribution in [3.63, 3.8) is 0 Å². The lowest BCUT2D eigenvalue weighted by molar-refractivity contribution is 0.250. The molecule has 0 saturated carbocycles. The fraction of sp³-hybridized carbons (Fsp3) is 0.429. The quantitative estimate of drug-likeness (QED) is 0.253. The molecule has 0 saturated heterocycles. The van der Waals surface area contributed by atoms with Crippen LogP contribution in [-0.4, -0.2) is 27.0 Å². The summed E-state index contributed by atoms with van der Waals surface area (Å²) < 4.78 is 6.69. The van der Waals surface area contributed by atoms with Crippen molar-refractivity contribution in [1.82, 2.24) is 5.32 Å². The summed E-state index contributed by atoms with van der Waals surface area (Å²) in [7, 11) is -1.63. The van der Waals surface area contributed by atoms with E-state index in [0.717, 1.165) is 31.7 Å². The highest BCUT2D eigenvalue weighted by atomic mass is 28.4. The van der Waals surface area contributed by atoms with Gasteiger partial charge in [0, 0.05) is 5.69 Å². The molecule has 0 aromatic heterocycles. The zero-order valence-corrected chi connectivity index (χ0v) is 21.0. The zero-order chi connectivity index (χ0) is 22.7. The molecular formula is C28H40N2OSi. The van der Waals surface area contributed by atoms with Crippen LogP contribution in [0.1, 0.15) is 45.2 Å². The molecule has 4 heteroatoms. The molecular weight excluding hydrogens is 408 g/mol. The molecule has 0 unspecified atom stereocenters. The number of para-hydroxylation sites is 1. The van der Waals surface area contributed by atoms with Gasteiger partial charge in [-0.15, -0.1) is 0 Å². The highest BCUT2D eigenvalue weighted by Gasteiger charge is 2.30. The number of anilines is 1. The minimum Gasteiger partial charge on any atom is -0.415 e. The van der Waals surface area contributed by atoms with E-state index in [0.29, 0.717) is 0 Å². The fourth-order valence-corrected chi connectivity index (χ4v) is 7.15. The predicted molar refractivity (Wildman–Crippen MR) is 141 cm³/mol. The van der Waals surface area contributed by atoms with Gasteiger partial charge in [0.15, 0.2) is 8.32 Å². The van der Waals surface area contributed by atoms with Crippen LogP contribution in [-0.2, 0) is 4.43 Å². The summed E-state index contributed by atoms with van der Waals surface area (Å²) in [6.07, 6.45) is 11.1. The normalized spacial score (nSPS) is 16.1. The van der Waals surface area contributed by atoms with E-state index in [1.165, 1.54) is 23.7 Å². The van der Waals surface area contributed by atoms with Gasteiger partial charge in [-0.1, -0.05) is 93.6 Å². The lowest BCUT2D eigenvalue weighted by Crippen LogP contribution is -2.41. The van der Waals surface area contributed by atoms with Crippen LogP contribution in [0.25, 0.3) is 0 Å². The van der Waals surface area contributed by atoms with E-state index in [1.807, 2.05) is 0 Å². The van der Waals surface area contributed by atoms with Crippen LogP contribution >= 0.6 is 0 Å². The molecule has 172 valence electrons. The summed E-state index contributed by atoms with van der Waals surface area (Å²) in [5, 5.41) is 7.58. The lowest BCUT2D eigenvalue weighted by atomic mass is 9.89. The predicted octanol–water partition coefficient (Wildman–Crippen LogP) is 7.10. The summed E-state index contributed by atoms with van der Waals surface area (Å²) in [4.78, 5) is 0. The van der Waals surface area contributed by atoms with Crippen molar-refractivity contribution in [3.05, 3.63) is 90.5 Å². The first-order valence-electron chi connectivity index (χ1n) is 12.2. The molecule has 2 aromatic rings. The molecule has 2 aromatic carbocycles. The van der Waals surface area contributed by atoms with Crippen LogP contribution in [0.5, 0.6) is 0 Å². The third-order valence-electron chi connectivity index (χ3n) is 6.87. The Kier molecular flexibility index (Phi) is 9.33. The molecule has 0 fully saturated rings. The van der Waals surface area contributed by atoms with E-state index in [4.69, 9.17) is 4.43 Å². The molecule has 1 aliphatic rings. The van der Waals surface area contributed by atoms with Crippen LogP contribution in [0.4, 0.5) is 5.69 Å². The molecule has 0 heterocycles. The molecule has 1 aliphatic carbocycles. The molecule has 3 nitrogen and oxygen atoms in total. The van der Waals surface area contributed by atoms with Gasteiger partial charge in [-0.25, -0.2) is 0 Å². The van der Waals surface area contributed by atoms with Gasteiger partial charge >= 0.3 is 0 Å². The van der Waals surface area contributed by atoms with Crippen LogP contribution in [0, 0.1) is 0 Å². The van der Waals surface area contributed by atoms with E-state index in [-0.39, 0.29) is 11.6 Å². The first kappa shape index (κ1) is 24.5. The average molecular weight is 449 g/mol. The van der Waals surface area contributed by atoms with Gasteiger partial charge in [-0.3, -0.25) is 0 Å². The smallest absolute Gasteiger partial charge is 0.192 e. The second-order valence-corrected chi connectivity index (χ2v) is 13.6. The van der Waals surface area contributed by atoms with Crippen molar-refractivity contribution in [2.24, 2.45) is 0 Å². The molecule has 0 spiro atoms. The minimum absolute atomic E-state index is 0.163. The maximum absolute atomic E-state index is 6.69.